The average molecular weight is 247 g/mol. The maximum Gasteiger partial charge on any atom is 0.260 e. The predicted molar refractivity (Wildman–Crippen MR) is 54.3 cm³/mol. The smallest absolute Gasteiger partial charge is 0.260 e. The largest absolute Gasteiger partial charge is 0.334 e. The van der Waals surface area contributed by atoms with E-state index in [0.717, 1.165) is 0 Å². The minimum absolute atomic E-state index is 0.0122. The lowest BCUT2D eigenvalue weighted by molar-refractivity contribution is 0.422. The first-order valence-corrected chi connectivity index (χ1v) is 4.96. The molecule has 0 amide bonds. The monoisotopic (exact) mass is 246 g/mol. The molecule has 0 aliphatic carbocycles. The Bertz CT molecular complexity index is 487. The number of hydrogen-bond donors (Lipinski definition) is 0. The summed E-state index contributed by atoms with van der Waals surface area (Å²) in [6.07, 6.45) is 0. The second kappa shape index (κ2) is 4.16. The molecule has 78 valence electrons. The Hall–Kier alpha value is -1.13. The van der Waals surface area contributed by atoms with Crippen molar-refractivity contribution in [1.29, 1.82) is 0 Å². The summed E-state index contributed by atoms with van der Waals surface area (Å²) >= 11 is 11.1. The molecule has 0 saturated heterocycles. The number of nitrogens with zero attached hydrogens (tertiary/aromatic N) is 2. The molecular weight excluding hydrogens is 242 g/mol. The zero-order valence-corrected chi connectivity index (χ0v) is 8.89. The molecular formula is C9H5Cl2FN2O. The van der Waals surface area contributed by atoms with Gasteiger partial charge in [-0.1, -0.05) is 22.8 Å². The molecule has 1 heterocycles. The van der Waals surface area contributed by atoms with E-state index in [1.807, 2.05) is 0 Å². The normalized spacial score (nSPS) is 10.6. The summed E-state index contributed by atoms with van der Waals surface area (Å²) in [5.74, 6) is -0.0771. The zero-order valence-electron chi connectivity index (χ0n) is 7.38. The molecule has 6 heteroatoms. The lowest BCUT2D eigenvalue weighted by atomic mass is 10.2. The van der Waals surface area contributed by atoms with Gasteiger partial charge in [-0.05, 0) is 12.1 Å². The van der Waals surface area contributed by atoms with Crippen molar-refractivity contribution >= 4 is 23.2 Å². The summed E-state index contributed by atoms with van der Waals surface area (Å²) in [5, 5.41) is 3.57. The first kappa shape index (κ1) is 10.4. The summed E-state index contributed by atoms with van der Waals surface area (Å²) in [6.45, 7) is 0. The lowest BCUT2D eigenvalue weighted by Crippen LogP contribution is -1.86. The average Bonchev–Trinajstić information content (AvgIpc) is 2.70. The van der Waals surface area contributed by atoms with Gasteiger partial charge < -0.3 is 4.52 Å². The second-order valence-electron chi connectivity index (χ2n) is 2.75. The van der Waals surface area contributed by atoms with Crippen molar-refractivity contribution in [2.75, 3.05) is 0 Å². The number of hydrogen-bond acceptors (Lipinski definition) is 3. The number of benzene rings is 1. The van der Waals surface area contributed by atoms with Crippen LogP contribution < -0.4 is 0 Å². The molecule has 1 aromatic carbocycles. The van der Waals surface area contributed by atoms with Crippen LogP contribution in [0.4, 0.5) is 4.39 Å². The van der Waals surface area contributed by atoms with Gasteiger partial charge in [0.2, 0.25) is 0 Å². The van der Waals surface area contributed by atoms with Crippen LogP contribution in [0.3, 0.4) is 0 Å². The van der Waals surface area contributed by atoms with Gasteiger partial charge in [0.05, 0.1) is 16.5 Å². The van der Waals surface area contributed by atoms with E-state index in [0.29, 0.717) is 5.82 Å². The maximum absolute atomic E-state index is 13.5. The molecule has 0 radical (unpaired) electrons. The highest BCUT2D eigenvalue weighted by Gasteiger charge is 2.14. The fraction of sp³-hybridized carbons (Fsp3) is 0.111. The summed E-state index contributed by atoms with van der Waals surface area (Å²) in [4.78, 5) is 3.89. The Morgan fingerprint density at radius 1 is 1.40 bits per heavy atom. The highest BCUT2D eigenvalue weighted by atomic mass is 35.5. The van der Waals surface area contributed by atoms with E-state index in [1.54, 1.807) is 6.07 Å². The van der Waals surface area contributed by atoms with Gasteiger partial charge in [-0.15, -0.1) is 11.6 Å². The van der Waals surface area contributed by atoms with Crippen molar-refractivity contribution in [3.8, 4) is 11.5 Å². The highest BCUT2D eigenvalue weighted by molar-refractivity contribution is 6.31. The Morgan fingerprint density at radius 2 is 2.20 bits per heavy atom. The van der Waals surface area contributed by atoms with E-state index in [-0.39, 0.29) is 22.4 Å². The molecule has 0 bridgehead atoms. The van der Waals surface area contributed by atoms with Crippen LogP contribution in [0.1, 0.15) is 5.82 Å². The molecule has 0 N–H and O–H groups in total. The third-order valence-corrected chi connectivity index (χ3v) is 2.30. The quantitative estimate of drug-likeness (QED) is 0.764. The number of rotatable bonds is 2. The summed E-state index contributed by atoms with van der Waals surface area (Å²) in [6, 6.07) is 4.55. The molecule has 0 unspecified atom stereocenters. The summed E-state index contributed by atoms with van der Waals surface area (Å²) in [5.41, 5.74) is 0.173. The van der Waals surface area contributed by atoms with Crippen LogP contribution in [-0.4, -0.2) is 10.1 Å². The molecule has 2 aromatic rings. The van der Waals surface area contributed by atoms with Gasteiger partial charge in [0.25, 0.3) is 5.89 Å². The number of aromatic nitrogens is 2. The number of halogens is 3. The summed E-state index contributed by atoms with van der Waals surface area (Å²) in [7, 11) is 0. The van der Waals surface area contributed by atoms with E-state index in [1.165, 1.54) is 12.1 Å². The highest BCUT2D eigenvalue weighted by Crippen LogP contribution is 2.26. The van der Waals surface area contributed by atoms with E-state index in [4.69, 9.17) is 27.7 Å². The van der Waals surface area contributed by atoms with Crippen LogP contribution in [0.25, 0.3) is 11.5 Å². The van der Waals surface area contributed by atoms with Crippen molar-refractivity contribution < 1.29 is 8.91 Å². The topological polar surface area (TPSA) is 38.9 Å². The molecule has 0 aliphatic heterocycles. The van der Waals surface area contributed by atoms with Gasteiger partial charge >= 0.3 is 0 Å². The van der Waals surface area contributed by atoms with E-state index < -0.39 is 5.82 Å². The Kier molecular flexibility index (Phi) is 2.88. The molecule has 3 nitrogen and oxygen atoms in total. The molecule has 0 fully saturated rings. The maximum atomic E-state index is 13.5. The van der Waals surface area contributed by atoms with Gasteiger partial charge in [0.1, 0.15) is 0 Å². The minimum atomic E-state index is -0.580. The van der Waals surface area contributed by atoms with Gasteiger partial charge in [-0.25, -0.2) is 4.39 Å². The fourth-order valence-electron chi connectivity index (χ4n) is 1.09. The molecule has 0 aliphatic rings. The Balaban J connectivity index is 2.49. The standard InChI is InChI=1S/C9H5Cl2FN2O/c10-4-7-13-9(15-14-7)5-2-1-3-6(11)8(5)12/h1-3H,4H2. The van der Waals surface area contributed by atoms with Gasteiger partial charge in [-0.3, -0.25) is 0 Å². The molecule has 0 atom stereocenters. The first-order chi connectivity index (χ1) is 7.22. The van der Waals surface area contributed by atoms with Gasteiger partial charge in [0.15, 0.2) is 11.6 Å². The molecule has 1 aromatic heterocycles. The van der Waals surface area contributed by atoms with Crippen LogP contribution in [0.5, 0.6) is 0 Å². The number of alkyl halides is 1. The molecule has 15 heavy (non-hydrogen) atoms. The molecule has 0 saturated carbocycles. The fourth-order valence-corrected chi connectivity index (χ4v) is 1.37. The van der Waals surface area contributed by atoms with Crippen molar-refractivity contribution in [3.63, 3.8) is 0 Å². The van der Waals surface area contributed by atoms with Crippen LogP contribution in [-0.2, 0) is 5.88 Å². The third kappa shape index (κ3) is 1.96. The third-order valence-electron chi connectivity index (χ3n) is 1.77. The molecule has 2 rings (SSSR count). The van der Waals surface area contributed by atoms with Crippen molar-refractivity contribution in [2.24, 2.45) is 0 Å². The van der Waals surface area contributed by atoms with Crippen molar-refractivity contribution in [2.45, 2.75) is 5.88 Å². The van der Waals surface area contributed by atoms with Crippen LogP contribution >= 0.6 is 23.2 Å². The van der Waals surface area contributed by atoms with Crippen molar-refractivity contribution in [3.05, 3.63) is 34.9 Å². The van der Waals surface area contributed by atoms with Crippen LogP contribution in [0, 0.1) is 5.82 Å². The Labute approximate surface area is 94.8 Å². The van der Waals surface area contributed by atoms with E-state index in [9.17, 15) is 4.39 Å². The Morgan fingerprint density at radius 3 is 2.87 bits per heavy atom. The van der Waals surface area contributed by atoms with Gasteiger partial charge in [-0.2, -0.15) is 4.98 Å². The SMILES string of the molecule is Fc1c(Cl)cccc1-c1nc(CCl)no1. The van der Waals surface area contributed by atoms with Crippen LogP contribution in [0.15, 0.2) is 22.7 Å². The van der Waals surface area contributed by atoms with Crippen molar-refractivity contribution in [1.82, 2.24) is 10.1 Å². The van der Waals surface area contributed by atoms with Crippen LogP contribution in [0.2, 0.25) is 5.02 Å². The van der Waals surface area contributed by atoms with E-state index in [2.05, 4.69) is 10.1 Å². The predicted octanol–water partition coefficient (Wildman–Crippen LogP) is 3.27. The zero-order chi connectivity index (χ0) is 10.8. The lowest BCUT2D eigenvalue weighted by Gasteiger charge is -1.97. The van der Waals surface area contributed by atoms with E-state index >= 15 is 0 Å². The van der Waals surface area contributed by atoms with Gasteiger partial charge in [0, 0.05) is 0 Å². The first-order valence-electron chi connectivity index (χ1n) is 4.05. The minimum Gasteiger partial charge on any atom is -0.334 e. The molecule has 0 spiro atoms. The second-order valence-corrected chi connectivity index (χ2v) is 3.43. The summed E-state index contributed by atoms with van der Waals surface area (Å²) < 4.78 is 18.3.